The first-order chi connectivity index (χ1) is 9.08. The first-order valence-electron chi connectivity index (χ1n) is 5.87. The number of aliphatic hydroxyl groups is 1. The van der Waals surface area contributed by atoms with Crippen molar-refractivity contribution < 1.29 is 19.8 Å². The Bertz CT molecular complexity index is 501. The van der Waals surface area contributed by atoms with Crippen LogP contribution in [-0.2, 0) is 9.59 Å². The Hall–Kier alpha value is -2.21. The van der Waals surface area contributed by atoms with Gasteiger partial charge in [0.15, 0.2) is 0 Å². The Morgan fingerprint density at radius 2 is 2.26 bits per heavy atom. The van der Waals surface area contributed by atoms with E-state index in [2.05, 4.69) is 4.98 Å². The number of carbonyl (C=O) groups is 2. The van der Waals surface area contributed by atoms with Gasteiger partial charge in [0.1, 0.15) is 6.04 Å². The van der Waals surface area contributed by atoms with E-state index in [1.54, 1.807) is 30.6 Å². The minimum Gasteiger partial charge on any atom is -0.480 e. The molecule has 1 fully saturated rings. The molecule has 0 unspecified atom stereocenters. The molecule has 0 bridgehead atoms. The Labute approximate surface area is 110 Å². The number of hydrogen-bond donors (Lipinski definition) is 2. The van der Waals surface area contributed by atoms with Gasteiger partial charge in [-0.3, -0.25) is 9.78 Å². The lowest BCUT2D eigenvalue weighted by Gasteiger charge is -2.19. The van der Waals surface area contributed by atoms with Gasteiger partial charge in [-0.05, 0) is 17.7 Å². The van der Waals surface area contributed by atoms with Crippen LogP contribution in [0.1, 0.15) is 12.0 Å². The summed E-state index contributed by atoms with van der Waals surface area (Å²) >= 11 is 0. The van der Waals surface area contributed by atoms with Gasteiger partial charge in [-0.2, -0.15) is 0 Å². The number of amides is 1. The molecule has 6 heteroatoms. The van der Waals surface area contributed by atoms with E-state index in [1.807, 2.05) is 0 Å². The third kappa shape index (κ3) is 3.17. The van der Waals surface area contributed by atoms with Crippen molar-refractivity contribution in [3.8, 4) is 0 Å². The molecule has 0 spiro atoms. The molecule has 1 saturated heterocycles. The van der Waals surface area contributed by atoms with Gasteiger partial charge in [-0.25, -0.2) is 4.79 Å². The number of likely N-dealkylation sites (tertiary alicyclic amines) is 1. The lowest BCUT2D eigenvalue weighted by atomic mass is 10.2. The van der Waals surface area contributed by atoms with Crippen LogP contribution in [0, 0.1) is 0 Å². The van der Waals surface area contributed by atoms with Crippen LogP contribution >= 0.6 is 0 Å². The topological polar surface area (TPSA) is 90.7 Å². The summed E-state index contributed by atoms with van der Waals surface area (Å²) in [4.78, 5) is 28.0. The molecule has 6 nitrogen and oxygen atoms in total. The summed E-state index contributed by atoms with van der Waals surface area (Å²) in [5, 5.41) is 18.5. The average molecular weight is 262 g/mol. The number of aromatic nitrogens is 1. The third-order valence-corrected chi connectivity index (χ3v) is 2.95. The van der Waals surface area contributed by atoms with E-state index in [-0.39, 0.29) is 13.0 Å². The monoisotopic (exact) mass is 262 g/mol. The predicted octanol–water partition coefficient (Wildman–Crippen LogP) is 0.141. The molecule has 1 aliphatic rings. The zero-order valence-corrected chi connectivity index (χ0v) is 10.1. The number of hydrogen-bond acceptors (Lipinski definition) is 4. The number of rotatable bonds is 3. The zero-order chi connectivity index (χ0) is 13.8. The van der Waals surface area contributed by atoms with Crippen LogP contribution < -0.4 is 0 Å². The Kier molecular flexibility index (Phi) is 3.91. The van der Waals surface area contributed by atoms with Gasteiger partial charge < -0.3 is 15.1 Å². The van der Waals surface area contributed by atoms with E-state index < -0.39 is 24.0 Å². The van der Waals surface area contributed by atoms with Crippen LogP contribution in [0.2, 0.25) is 0 Å². The Morgan fingerprint density at radius 3 is 2.89 bits per heavy atom. The van der Waals surface area contributed by atoms with Gasteiger partial charge in [-0.1, -0.05) is 6.07 Å². The number of β-amino-alcohol motifs (C(OH)–C–C–N with tert-alkyl or cyclic N) is 1. The number of aliphatic carboxylic acids is 1. The maximum atomic E-state index is 11.9. The minimum absolute atomic E-state index is 0.0488. The number of carboxylic acid groups (broad SMARTS) is 1. The van der Waals surface area contributed by atoms with Crippen LogP contribution in [0.25, 0.3) is 6.08 Å². The second-order valence-corrected chi connectivity index (χ2v) is 4.35. The quantitative estimate of drug-likeness (QED) is 0.756. The molecule has 1 aliphatic heterocycles. The molecule has 1 aromatic heterocycles. The third-order valence-electron chi connectivity index (χ3n) is 2.95. The molecule has 0 radical (unpaired) electrons. The SMILES string of the molecule is O=C(O)[C@@H]1C[C@@H](O)CN1C(=O)C=Cc1cccnc1. The highest BCUT2D eigenvalue weighted by atomic mass is 16.4. The second-order valence-electron chi connectivity index (χ2n) is 4.35. The normalized spacial score (nSPS) is 22.9. The number of carbonyl (C=O) groups excluding carboxylic acids is 1. The molecule has 0 aromatic carbocycles. The van der Waals surface area contributed by atoms with Crippen LogP contribution in [0.3, 0.4) is 0 Å². The molecule has 2 N–H and O–H groups in total. The largest absolute Gasteiger partial charge is 0.480 e. The van der Waals surface area contributed by atoms with Crippen LogP contribution in [0.5, 0.6) is 0 Å². The first-order valence-corrected chi connectivity index (χ1v) is 5.87. The van der Waals surface area contributed by atoms with E-state index in [9.17, 15) is 14.7 Å². The number of nitrogens with zero attached hydrogens (tertiary/aromatic N) is 2. The summed E-state index contributed by atoms with van der Waals surface area (Å²) in [6, 6.07) is 2.56. The van der Waals surface area contributed by atoms with Gasteiger partial charge in [0.05, 0.1) is 6.10 Å². The summed E-state index contributed by atoms with van der Waals surface area (Å²) in [6.45, 7) is 0.0488. The molecular weight excluding hydrogens is 248 g/mol. The smallest absolute Gasteiger partial charge is 0.326 e. The van der Waals surface area contributed by atoms with Crippen molar-refractivity contribution >= 4 is 18.0 Å². The van der Waals surface area contributed by atoms with Crippen molar-refractivity contribution in [2.24, 2.45) is 0 Å². The molecule has 1 aromatic rings. The van der Waals surface area contributed by atoms with Gasteiger partial charge in [0.25, 0.3) is 0 Å². The summed E-state index contributed by atoms with van der Waals surface area (Å²) in [5.74, 6) is -1.52. The molecule has 2 heterocycles. The lowest BCUT2D eigenvalue weighted by Crippen LogP contribution is -2.39. The lowest BCUT2D eigenvalue weighted by molar-refractivity contribution is -0.146. The van der Waals surface area contributed by atoms with Gasteiger partial charge in [-0.15, -0.1) is 0 Å². The highest BCUT2D eigenvalue weighted by Crippen LogP contribution is 2.18. The molecule has 19 heavy (non-hydrogen) atoms. The molecular formula is C13H14N2O4. The summed E-state index contributed by atoms with van der Waals surface area (Å²) < 4.78 is 0. The molecule has 100 valence electrons. The molecule has 0 aliphatic carbocycles. The van der Waals surface area contributed by atoms with Crippen LogP contribution in [-0.4, -0.2) is 50.7 Å². The highest BCUT2D eigenvalue weighted by molar-refractivity contribution is 5.94. The predicted molar refractivity (Wildman–Crippen MR) is 67.0 cm³/mol. The minimum atomic E-state index is -1.10. The molecule has 1 amide bonds. The molecule has 2 atom stereocenters. The summed E-state index contributed by atoms with van der Waals surface area (Å²) in [6.07, 6.45) is 5.37. The van der Waals surface area contributed by atoms with Gasteiger partial charge in [0.2, 0.25) is 5.91 Å². The van der Waals surface area contributed by atoms with Gasteiger partial charge in [0, 0.05) is 31.4 Å². The van der Waals surface area contributed by atoms with Crippen molar-refractivity contribution in [1.29, 1.82) is 0 Å². The molecule has 2 rings (SSSR count). The zero-order valence-electron chi connectivity index (χ0n) is 10.1. The Morgan fingerprint density at radius 1 is 1.47 bits per heavy atom. The maximum Gasteiger partial charge on any atom is 0.326 e. The van der Waals surface area contributed by atoms with E-state index in [0.717, 1.165) is 5.56 Å². The first kappa shape index (κ1) is 13.2. The average Bonchev–Trinajstić information content (AvgIpc) is 2.79. The van der Waals surface area contributed by atoms with Crippen molar-refractivity contribution in [3.63, 3.8) is 0 Å². The van der Waals surface area contributed by atoms with Crippen LogP contribution in [0.4, 0.5) is 0 Å². The van der Waals surface area contributed by atoms with Crippen molar-refractivity contribution in [1.82, 2.24) is 9.88 Å². The number of aliphatic hydroxyl groups excluding tert-OH is 1. The van der Waals surface area contributed by atoms with Crippen molar-refractivity contribution in [2.45, 2.75) is 18.6 Å². The fourth-order valence-electron chi connectivity index (χ4n) is 2.03. The summed E-state index contributed by atoms with van der Waals surface area (Å²) in [7, 11) is 0. The second kappa shape index (κ2) is 5.62. The van der Waals surface area contributed by atoms with Crippen molar-refractivity contribution in [2.75, 3.05) is 6.54 Å². The molecule has 0 saturated carbocycles. The van der Waals surface area contributed by atoms with E-state index in [0.29, 0.717) is 0 Å². The van der Waals surface area contributed by atoms with Crippen molar-refractivity contribution in [3.05, 3.63) is 36.2 Å². The van der Waals surface area contributed by atoms with E-state index in [4.69, 9.17) is 5.11 Å². The number of pyridine rings is 1. The van der Waals surface area contributed by atoms with Gasteiger partial charge >= 0.3 is 5.97 Å². The number of carboxylic acids is 1. The summed E-state index contributed by atoms with van der Waals surface area (Å²) in [5.41, 5.74) is 0.752. The van der Waals surface area contributed by atoms with Crippen LogP contribution in [0.15, 0.2) is 30.6 Å². The maximum absolute atomic E-state index is 11.9. The fourth-order valence-corrected chi connectivity index (χ4v) is 2.03. The van der Waals surface area contributed by atoms with E-state index in [1.165, 1.54) is 11.0 Å². The fraction of sp³-hybridized carbons (Fsp3) is 0.308. The Balaban J connectivity index is 2.07. The standard InChI is InChI=1S/C13H14N2O4/c16-10-6-11(13(18)19)15(8-10)12(17)4-3-9-2-1-5-14-7-9/h1-5,7,10-11,16H,6,8H2,(H,18,19)/t10-,11+/m1/s1. The van der Waals surface area contributed by atoms with E-state index >= 15 is 0 Å². The highest BCUT2D eigenvalue weighted by Gasteiger charge is 2.37.